The van der Waals surface area contributed by atoms with Gasteiger partial charge in [-0.05, 0) is 19.3 Å². The lowest BCUT2D eigenvalue weighted by molar-refractivity contribution is -0.120. The van der Waals surface area contributed by atoms with Crippen LogP contribution in [0.2, 0.25) is 0 Å². The summed E-state index contributed by atoms with van der Waals surface area (Å²) in [6.45, 7) is 2.07. The molecule has 158 valence electrons. The summed E-state index contributed by atoms with van der Waals surface area (Å²) in [5.74, 6) is 1.54. The first-order valence-electron chi connectivity index (χ1n) is 11.0. The fourth-order valence-electron chi connectivity index (χ4n) is 4.83. The van der Waals surface area contributed by atoms with Gasteiger partial charge in [-0.25, -0.2) is 19.9 Å². The minimum Gasteiger partial charge on any atom is -0.340 e. The van der Waals surface area contributed by atoms with Gasteiger partial charge in [0.1, 0.15) is 18.1 Å². The van der Waals surface area contributed by atoms with Gasteiger partial charge in [-0.15, -0.1) is 0 Å². The molecule has 1 atom stereocenters. The second kappa shape index (κ2) is 8.06. The Morgan fingerprint density at radius 3 is 2.58 bits per heavy atom. The van der Waals surface area contributed by atoms with E-state index < -0.39 is 0 Å². The van der Waals surface area contributed by atoms with Gasteiger partial charge in [0, 0.05) is 24.8 Å². The molecule has 2 aromatic heterocycles. The van der Waals surface area contributed by atoms with Crippen LogP contribution in [0.5, 0.6) is 0 Å². The number of benzene rings is 1. The highest BCUT2D eigenvalue weighted by molar-refractivity contribution is 6.04. The Morgan fingerprint density at radius 1 is 1.06 bits per heavy atom. The molecule has 0 saturated heterocycles. The molecule has 7 nitrogen and oxygen atoms in total. The number of aromatic nitrogens is 4. The number of hydrogen-bond acceptors (Lipinski definition) is 6. The van der Waals surface area contributed by atoms with Gasteiger partial charge in [0.2, 0.25) is 5.91 Å². The molecule has 0 N–H and O–H groups in total. The van der Waals surface area contributed by atoms with E-state index in [1.807, 2.05) is 37.4 Å². The molecule has 1 amide bonds. The highest BCUT2D eigenvalue weighted by Gasteiger charge is 2.41. The quantitative estimate of drug-likeness (QED) is 0.640. The zero-order valence-electron chi connectivity index (χ0n) is 17.9. The molecule has 7 heteroatoms. The van der Waals surface area contributed by atoms with E-state index >= 15 is 0 Å². The third-order valence-corrected chi connectivity index (χ3v) is 6.41. The van der Waals surface area contributed by atoms with Crippen LogP contribution in [0.25, 0.3) is 22.6 Å². The number of rotatable bonds is 4. The predicted octanol–water partition coefficient (Wildman–Crippen LogP) is 4.10. The van der Waals surface area contributed by atoms with Crippen molar-refractivity contribution in [1.82, 2.24) is 19.9 Å². The van der Waals surface area contributed by atoms with E-state index in [4.69, 9.17) is 4.98 Å². The van der Waals surface area contributed by atoms with E-state index in [-0.39, 0.29) is 11.9 Å². The molecule has 0 spiro atoms. The lowest BCUT2D eigenvalue weighted by Gasteiger charge is -2.43. The van der Waals surface area contributed by atoms with Gasteiger partial charge in [0.05, 0.1) is 17.5 Å². The van der Waals surface area contributed by atoms with Gasteiger partial charge in [-0.1, -0.05) is 50.1 Å². The summed E-state index contributed by atoms with van der Waals surface area (Å²) in [6, 6.07) is 10.2. The maximum atomic E-state index is 13.1. The smallest absolute Gasteiger partial charge is 0.249 e. The zero-order chi connectivity index (χ0) is 21.4. The molecular weight excluding hydrogens is 388 g/mol. The average Bonchev–Trinajstić information content (AvgIpc) is 3.36. The van der Waals surface area contributed by atoms with Crippen molar-refractivity contribution in [1.29, 1.82) is 0 Å². The molecule has 2 aliphatic rings. The minimum absolute atomic E-state index is 0.117. The van der Waals surface area contributed by atoms with Crippen molar-refractivity contribution < 1.29 is 4.79 Å². The van der Waals surface area contributed by atoms with Crippen molar-refractivity contribution in [2.75, 3.05) is 16.8 Å². The Balaban J connectivity index is 1.66. The number of hydrogen-bond donors (Lipinski definition) is 0. The van der Waals surface area contributed by atoms with Crippen molar-refractivity contribution in [2.24, 2.45) is 0 Å². The van der Waals surface area contributed by atoms with Crippen LogP contribution in [-0.4, -0.2) is 45.0 Å². The van der Waals surface area contributed by atoms with Crippen LogP contribution < -0.4 is 9.80 Å². The van der Waals surface area contributed by atoms with E-state index in [1.165, 1.54) is 12.8 Å². The first-order valence-corrected chi connectivity index (χ1v) is 11.0. The molecule has 31 heavy (non-hydrogen) atoms. The summed E-state index contributed by atoms with van der Waals surface area (Å²) in [5.41, 5.74) is 3.35. The molecule has 0 bridgehead atoms. The topological polar surface area (TPSA) is 75.1 Å². The molecule has 3 heterocycles. The van der Waals surface area contributed by atoms with Crippen molar-refractivity contribution in [3.63, 3.8) is 0 Å². The number of amides is 1. The first-order chi connectivity index (χ1) is 15.2. The monoisotopic (exact) mass is 414 g/mol. The Morgan fingerprint density at radius 2 is 1.84 bits per heavy atom. The van der Waals surface area contributed by atoms with Crippen LogP contribution >= 0.6 is 0 Å². The molecule has 1 unspecified atom stereocenters. The normalized spacial score (nSPS) is 19.0. The Labute approximate surface area is 182 Å². The minimum atomic E-state index is -0.191. The highest BCUT2D eigenvalue weighted by Crippen LogP contribution is 2.40. The third kappa shape index (κ3) is 3.34. The van der Waals surface area contributed by atoms with Gasteiger partial charge in [0.15, 0.2) is 11.6 Å². The molecular formula is C24H26N6O. The molecule has 1 saturated carbocycles. The summed E-state index contributed by atoms with van der Waals surface area (Å²) in [6.07, 6.45) is 10.4. The van der Waals surface area contributed by atoms with Crippen LogP contribution in [0.4, 0.5) is 11.5 Å². The highest BCUT2D eigenvalue weighted by atomic mass is 16.2. The molecule has 1 fully saturated rings. The fourth-order valence-corrected chi connectivity index (χ4v) is 4.83. The number of nitrogens with zero attached hydrogens (tertiary/aromatic N) is 6. The van der Waals surface area contributed by atoms with Crippen LogP contribution in [0, 0.1) is 0 Å². The molecule has 0 radical (unpaired) electrons. The van der Waals surface area contributed by atoms with E-state index in [0.29, 0.717) is 11.9 Å². The van der Waals surface area contributed by atoms with Crippen molar-refractivity contribution in [3.05, 3.63) is 49.1 Å². The molecule has 1 aliphatic heterocycles. The summed E-state index contributed by atoms with van der Waals surface area (Å²) in [5, 5.41) is 0. The summed E-state index contributed by atoms with van der Waals surface area (Å²) >= 11 is 0. The fraction of sp³-hybridized carbons (Fsp3) is 0.375. The SMILES string of the molecule is CCC1C(=O)N(C)c2cnc(-c3cncnc3-c3ccccc3)nc2N1C1CCCC1. The van der Waals surface area contributed by atoms with E-state index in [0.717, 1.165) is 47.6 Å². The number of fused-ring (bicyclic) bond motifs is 1. The van der Waals surface area contributed by atoms with Gasteiger partial charge in [0.25, 0.3) is 0 Å². The van der Waals surface area contributed by atoms with Crippen molar-refractivity contribution in [3.8, 4) is 22.6 Å². The number of carbonyl (C=O) groups excluding carboxylic acids is 1. The predicted molar refractivity (Wildman–Crippen MR) is 121 cm³/mol. The summed E-state index contributed by atoms with van der Waals surface area (Å²) in [4.78, 5) is 35.5. The van der Waals surface area contributed by atoms with Gasteiger partial charge < -0.3 is 9.80 Å². The van der Waals surface area contributed by atoms with Crippen molar-refractivity contribution in [2.45, 2.75) is 51.1 Å². The second-order valence-electron chi connectivity index (χ2n) is 8.22. The standard InChI is InChI=1S/C24H26N6O/c1-3-19-24(31)29(2)20-14-26-22(28-23(20)30(19)17-11-7-8-12-17)18-13-25-15-27-21(18)16-9-5-4-6-10-16/h4-6,9-10,13-15,17,19H,3,7-8,11-12H2,1-2H3. The Hall–Kier alpha value is -3.35. The first kappa shape index (κ1) is 19.6. The van der Waals surface area contributed by atoms with Crippen molar-refractivity contribution >= 4 is 17.4 Å². The van der Waals surface area contributed by atoms with Gasteiger partial charge in [-0.2, -0.15) is 0 Å². The molecule has 3 aromatic rings. The largest absolute Gasteiger partial charge is 0.340 e. The van der Waals surface area contributed by atoms with Crippen LogP contribution in [0.1, 0.15) is 39.0 Å². The van der Waals surface area contributed by atoms with E-state index in [2.05, 4.69) is 26.8 Å². The summed E-state index contributed by atoms with van der Waals surface area (Å²) < 4.78 is 0. The van der Waals surface area contributed by atoms with E-state index in [1.54, 1.807) is 23.6 Å². The lowest BCUT2D eigenvalue weighted by Crippen LogP contribution is -2.55. The lowest BCUT2D eigenvalue weighted by atomic mass is 10.0. The van der Waals surface area contributed by atoms with Crippen LogP contribution in [0.3, 0.4) is 0 Å². The summed E-state index contributed by atoms with van der Waals surface area (Å²) in [7, 11) is 1.82. The maximum absolute atomic E-state index is 13.1. The number of carbonyl (C=O) groups is 1. The second-order valence-corrected chi connectivity index (χ2v) is 8.22. The molecule has 5 rings (SSSR count). The molecule has 1 aliphatic carbocycles. The van der Waals surface area contributed by atoms with Crippen LogP contribution in [0.15, 0.2) is 49.1 Å². The van der Waals surface area contributed by atoms with Gasteiger partial charge in [-0.3, -0.25) is 4.79 Å². The van der Waals surface area contributed by atoms with E-state index in [9.17, 15) is 4.79 Å². The zero-order valence-corrected chi connectivity index (χ0v) is 17.9. The van der Waals surface area contributed by atoms with Crippen LogP contribution in [-0.2, 0) is 4.79 Å². The average molecular weight is 415 g/mol. The van der Waals surface area contributed by atoms with Gasteiger partial charge >= 0.3 is 0 Å². The third-order valence-electron chi connectivity index (χ3n) is 6.41. The number of anilines is 2. The maximum Gasteiger partial charge on any atom is 0.249 e. The Kier molecular flexibility index (Phi) is 5.10. The number of likely N-dealkylation sites (N-methyl/N-ethyl adjacent to an activating group) is 1. The Bertz CT molecular complexity index is 1100. The molecule has 1 aromatic carbocycles.